The molecule has 170 valence electrons. The number of pyridine rings is 2. The standard InChI is InChI=1S/C22H27N5O4S/c1-15-14-30-12-10-26(15)19-13-18(32(2,28)29)16-6-8-23-22(21(16)25-19)17-7-9-24-27(17)20-5-3-4-11-31-20/h6-9,13,15,20H,3-5,10-12,14H2,1-2H3/t15-,20?/m1/s1. The summed E-state index contributed by atoms with van der Waals surface area (Å²) in [6.07, 6.45) is 7.40. The first-order valence-electron chi connectivity index (χ1n) is 10.9. The molecule has 3 aromatic rings. The Morgan fingerprint density at radius 3 is 2.78 bits per heavy atom. The summed E-state index contributed by atoms with van der Waals surface area (Å²) >= 11 is 0. The van der Waals surface area contributed by atoms with Crippen LogP contribution in [-0.2, 0) is 19.3 Å². The maximum Gasteiger partial charge on any atom is 0.176 e. The SMILES string of the molecule is C[C@@H]1COCCN1c1cc(S(C)(=O)=O)c2ccnc(-c3ccnn3C3CCCCO3)c2n1. The number of anilines is 1. The Bertz CT molecular complexity index is 1240. The highest BCUT2D eigenvalue weighted by Crippen LogP contribution is 2.35. The fraction of sp³-hybridized carbons (Fsp3) is 0.500. The fourth-order valence-corrected chi connectivity index (χ4v) is 5.35. The zero-order valence-electron chi connectivity index (χ0n) is 18.3. The zero-order valence-corrected chi connectivity index (χ0v) is 19.1. The third-order valence-electron chi connectivity index (χ3n) is 6.08. The average Bonchev–Trinajstić information content (AvgIpc) is 3.28. The largest absolute Gasteiger partial charge is 0.377 e. The summed E-state index contributed by atoms with van der Waals surface area (Å²) in [4.78, 5) is 11.9. The van der Waals surface area contributed by atoms with E-state index in [1.54, 1.807) is 24.5 Å². The molecule has 0 N–H and O–H groups in total. The lowest BCUT2D eigenvalue weighted by atomic mass is 10.1. The van der Waals surface area contributed by atoms with Crippen molar-refractivity contribution < 1.29 is 17.9 Å². The van der Waals surface area contributed by atoms with Gasteiger partial charge in [0.05, 0.1) is 29.8 Å². The van der Waals surface area contributed by atoms with Gasteiger partial charge in [-0.2, -0.15) is 5.10 Å². The van der Waals surface area contributed by atoms with E-state index in [1.165, 1.54) is 6.26 Å². The maximum absolute atomic E-state index is 12.7. The number of rotatable bonds is 4. The summed E-state index contributed by atoms with van der Waals surface area (Å²) in [6, 6.07) is 5.35. The van der Waals surface area contributed by atoms with Gasteiger partial charge in [-0.3, -0.25) is 4.98 Å². The van der Waals surface area contributed by atoms with Crippen LogP contribution in [0, 0.1) is 0 Å². The van der Waals surface area contributed by atoms with Crippen LogP contribution >= 0.6 is 0 Å². The predicted octanol–water partition coefficient (Wildman–Crippen LogP) is 2.82. The average molecular weight is 458 g/mol. The van der Waals surface area contributed by atoms with Crippen LogP contribution in [0.3, 0.4) is 0 Å². The van der Waals surface area contributed by atoms with Gasteiger partial charge in [0.15, 0.2) is 16.1 Å². The molecule has 32 heavy (non-hydrogen) atoms. The van der Waals surface area contributed by atoms with E-state index in [2.05, 4.69) is 15.0 Å². The predicted molar refractivity (Wildman–Crippen MR) is 120 cm³/mol. The molecule has 1 unspecified atom stereocenters. The van der Waals surface area contributed by atoms with Crippen molar-refractivity contribution in [1.82, 2.24) is 19.7 Å². The third-order valence-corrected chi connectivity index (χ3v) is 7.22. The molecule has 0 spiro atoms. The Labute approximate surface area is 187 Å². The molecular weight excluding hydrogens is 430 g/mol. The minimum atomic E-state index is -3.50. The molecule has 0 aliphatic carbocycles. The van der Waals surface area contributed by atoms with E-state index < -0.39 is 9.84 Å². The molecule has 2 aliphatic rings. The summed E-state index contributed by atoms with van der Waals surface area (Å²) < 4.78 is 38.8. The maximum atomic E-state index is 12.7. The molecule has 10 heteroatoms. The normalized spacial score (nSPS) is 22.4. The van der Waals surface area contributed by atoms with E-state index in [4.69, 9.17) is 14.5 Å². The first-order valence-corrected chi connectivity index (χ1v) is 12.8. The highest BCUT2D eigenvalue weighted by Gasteiger charge is 2.26. The number of nitrogens with zero attached hydrogens (tertiary/aromatic N) is 5. The highest BCUT2D eigenvalue weighted by molar-refractivity contribution is 7.91. The number of fused-ring (bicyclic) bond motifs is 1. The molecule has 0 amide bonds. The van der Waals surface area contributed by atoms with Crippen LogP contribution in [0.5, 0.6) is 0 Å². The second-order valence-electron chi connectivity index (χ2n) is 8.41. The third kappa shape index (κ3) is 3.87. The molecule has 2 fully saturated rings. The zero-order chi connectivity index (χ0) is 22.3. The van der Waals surface area contributed by atoms with Crippen LogP contribution < -0.4 is 4.90 Å². The minimum absolute atomic E-state index is 0.0856. The Hall–Kier alpha value is -2.56. The van der Waals surface area contributed by atoms with E-state index in [1.807, 2.05) is 17.7 Å². The lowest BCUT2D eigenvalue weighted by Gasteiger charge is -2.34. The van der Waals surface area contributed by atoms with Crippen molar-refractivity contribution in [2.45, 2.75) is 43.4 Å². The van der Waals surface area contributed by atoms with Gasteiger partial charge in [0.1, 0.15) is 17.0 Å². The Morgan fingerprint density at radius 2 is 2.03 bits per heavy atom. The van der Waals surface area contributed by atoms with Crippen LogP contribution in [-0.4, -0.2) is 66.8 Å². The van der Waals surface area contributed by atoms with Gasteiger partial charge in [-0.1, -0.05) is 0 Å². The number of aromatic nitrogens is 4. The van der Waals surface area contributed by atoms with Crippen molar-refractivity contribution in [3.63, 3.8) is 0 Å². The molecule has 2 saturated heterocycles. The Kier molecular flexibility index (Phi) is 5.60. The van der Waals surface area contributed by atoms with E-state index in [-0.39, 0.29) is 17.2 Å². The minimum Gasteiger partial charge on any atom is -0.377 e. The fourth-order valence-electron chi connectivity index (χ4n) is 4.46. The highest BCUT2D eigenvalue weighted by atomic mass is 32.2. The van der Waals surface area contributed by atoms with Crippen molar-refractivity contribution in [2.24, 2.45) is 0 Å². The number of hydrogen-bond acceptors (Lipinski definition) is 8. The van der Waals surface area contributed by atoms with Gasteiger partial charge < -0.3 is 14.4 Å². The molecule has 5 heterocycles. The summed E-state index contributed by atoms with van der Waals surface area (Å²) in [7, 11) is -3.50. The van der Waals surface area contributed by atoms with Gasteiger partial charge in [0.2, 0.25) is 0 Å². The van der Waals surface area contributed by atoms with Crippen molar-refractivity contribution in [3.05, 3.63) is 30.6 Å². The molecule has 0 bridgehead atoms. The Morgan fingerprint density at radius 1 is 1.16 bits per heavy atom. The summed E-state index contributed by atoms with van der Waals surface area (Å²) in [5.74, 6) is 0.614. The molecule has 0 radical (unpaired) electrons. The molecular formula is C22H27N5O4S. The van der Waals surface area contributed by atoms with Crippen LogP contribution in [0.1, 0.15) is 32.4 Å². The topological polar surface area (TPSA) is 99.4 Å². The van der Waals surface area contributed by atoms with Crippen molar-refractivity contribution in [1.29, 1.82) is 0 Å². The van der Waals surface area contributed by atoms with Gasteiger partial charge in [0, 0.05) is 37.2 Å². The van der Waals surface area contributed by atoms with Gasteiger partial charge in [-0.25, -0.2) is 18.1 Å². The van der Waals surface area contributed by atoms with Crippen molar-refractivity contribution >= 4 is 26.6 Å². The van der Waals surface area contributed by atoms with Crippen LogP contribution in [0.2, 0.25) is 0 Å². The van der Waals surface area contributed by atoms with Crippen LogP contribution in [0.4, 0.5) is 5.82 Å². The van der Waals surface area contributed by atoms with Crippen LogP contribution in [0.25, 0.3) is 22.3 Å². The van der Waals surface area contributed by atoms with Gasteiger partial charge in [0.25, 0.3) is 0 Å². The quantitative estimate of drug-likeness (QED) is 0.590. The smallest absolute Gasteiger partial charge is 0.176 e. The van der Waals surface area contributed by atoms with Gasteiger partial charge >= 0.3 is 0 Å². The number of hydrogen-bond donors (Lipinski definition) is 0. The van der Waals surface area contributed by atoms with Crippen molar-refractivity contribution in [3.8, 4) is 11.4 Å². The molecule has 3 aromatic heterocycles. The van der Waals surface area contributed by atoms with Gasteiger partial charge in [-0.15, -0.1) is 0 Å². The lowest BCUT2D eigenvalue weighted by Crippen LogP contribution is -2.44. The molecule has 0 saturated carbocycles. The van der Waals surface area contributed by atoms with E-state index >= 15 is 0 Å². The molecule has 5 rings (SSSR count). The first kappa shape index (κ1) is 21.3. The van der Waals surface area contributed by atoms with Crippen molar-refractivity contribution in [2.75, 3.05) is 37.5 Å². The van der Waals surface area contributed by atoms with E-state index in [0.717, 1.165) is 25.0 Å². The first-order chi connectivity index (χ1) is 15.4. The summed E-state index contributed by atoms with van der Waals surface area (Å²) in [6.45, 7) is 4.53. The van der Waals surface area contributed by atoms with Crippen LogP contribution in [0.15, 0.2) is 35.5 Å². The Balaban J connectivity index is 1.72. The molecule has 2 atom stereocenters. The number of morpholine rings is 1. The molecule has 0 aromatic carbocycles. The lowest BCUT2D eigenvalue weighted by molar-refractivity contribution is -0.0383. The summed E-state index contributed by atoms with van der Waals surface area (Å²) in [5.41, 5.74) is 1.91. The van der Waals surface area contributed by atoms with E-state index in [0.29, 0.717) is 48.8 Å². The van der Waals surface area contributed by atoms with Gasteiger partial charge in [-0.05, 0) is 44.4 Å². The summed E-state index contributed by atoms with van der Waals surface area (Å²) in [5, 5.41) is 5.05. The van der Waals surface area contributed by atoms with E-state index in [9.17, 15) is 8.42 Å². The second kappa shape index (κ2) is 8.42. The molecule has 2 aliphatic heterocycles. The number of sulfone groups is 1. The molecule has 9 nitrogen and oxygen atoms in total. The number of ether oxygens (including phenoxy) is 2. The monoisotopic (exact) mass is 457 g/mol. The second-order valence-corrected chi connectivity index (χ2v) is 10.4.